The molecule has 1 aliphatic rings. The number of aromatic nitrogens is 1. The molecule has 124 valence electrons. The molecule has 1 saturated heterocycles. The molecule has 0 aliphatic carbocycles. The fraction of sp³-hybridized carbons (Fsp3) is 0.529. The van der Waals surface area contributed by atoms with Gasteiger partial charge in [-0.3, -0.25) is 0 Å². The number of carbonyl (C=O) groups excluding carboxylic acids is 1. The van der Waals surface area contributed by atoms with Crippen molar-refractivity contribution in [3.05, 3.63) is 30.2 Å². The maximum atomic E-state index is 15.2. The summed E-state index contributed by atoms with van der Waals surface area (Å²) in [4.78, 5) is 17.8. The Labute approximate surface area is 134 Å². The molecule has 6 heteroatoms. The lowest BCUT2D eigenvalue weighted by atomic mass is 9.93. The molecule has 1 amide bonds. The molecule has 2 aromatic rings. The van der Waals surface area contributed by atoms with E-state index in [2.05, 4.69) is 4.98 Å². The highest BCUT2D eigenvalue weighted by molar-refractivity contribution is 5.72. The smallest absolute Gasteiger partial charge is 0.410 e. The summed E-state index contributed by atoms with van der Waals surface area (Å²) in [5.41, 5.74) is -0.970. The molecular formula is C17H21FN2O3. The van der Waals surface area contributed by atoms with E-state index in [0.29, 0.717) is 11.1 Å². The zero-order valence-electron chi connectivity index (χ0n) is 13.6. The maximum Gasteiger partial charge on any atom is 0.410 e. The third-order valence-electron chi connectivity index (χ3n) is 3.88. The second kappa shape index (κ2) is 5.51. The molecule has 0 unspecified atom stereocenters. The van der Waals surface area contributed by atoms with Gasteiger partial charge in [-0.05, 0) is 32.9 Å². The standard InChI is InChI=1S/C17H21FN2O3/c1-16(2,3)23-15(21)20-10-8-17(18,9-11-20)14-19-12-6-4-5-7-13(12)22-14/h4-7H,8-11H2,1-3H3. The third-order valence-corrected chi connectivity index (χ3v) is 3.88. The van der Waals surface area contributed by atoms with Gasteiger partial charge in [-0.25, -0.2) is 14.2 Å². The summed E-state index contributed by atoms with van der Waals surface area (Å²) in [6.07, 6.45) is -0.102. The highest BCUT2D eigenvalue weighted by atomic mass is 19.1. The number of amides is 1. The van der Waals surface area contributed by atoms with Gasteiger partial charge in [-0.2, -0.15) is 0 Å². The van der Waals surface area contributed by atoms with E-state index in [0.717, 1.165) is 0 Å². The van der Waals surface area contributed by atoms with E-state index in [1.165, 1.54) is 4.90 Å². The van der Waals surface area contributed by atoms with Crippen molar-refractivity contribution in [2.75, 3.05) is 13.1 Å². The molecule has 3 rings (SSSR count). The van der Waals surface area contributed by atoms with Crippen LogP contribution in [0.4, 0.5) is 9.18 Å². The van der Waals surface area contributed by atoms with Crippen LogP contribution in [0.1, 0.15) is 39.5 Å². The molecule has 5 nitrogen and oxygen atoms in total. The van der Waals surface area contributed by atoms with Crippen LogP contribution in [0.3, 0.4) is 0 Å². The van der Waals surface area contributed by atoms with E-state index in [1.54, 1.807) is 12.1 Å². The average Bonchev–Trinajstić information content (AvgIpc) is 2.91. The Morgan fingerprint density at radius 3 is 2.57 bits per heavy atom. The molecule has 2 heterocycles. The number of likely N-dealkylation sites (tertiary alicyclic amines) is 1. The summed E-state index contributed by atoms with van der Waals surface area (Å²) in [5, 5.41) is 0. The van der Waals surface area contributed by atoms with E-state index in [4.69, 9.17) is 9.15 Å². The molecule has 0 radical (unpaired) electrons. The molecule has 23 heavy (non-hydrogen) atoms. The van der Waals surface area contributed by atoms with Crippen LogP contribution in [0, 0.1) is 0 Å². The lowest BCUT2D eigenvalue weighted by Crippen LogP contribution is -2.45. The number of para-hydroxylation sites is 2. The number of benzene rings is 1. The molecule has 0 saturated carbocycles. The topological polar surface area (TPSA) is 55.6 Å². The lowest BCUT2D eigenvalue weighted by molar-refractivity contribution is -0.00418. The predicted molar refractivity (Wildman–Crippen MR) is 83.8 cm³/mol. The van der Waals surface area contributed by atoms with Crippen molar-refractivity contribution in [1.29, 1.82) is 0 Å². The maximum absolute atomic E-state index is 15.2. The quantitative estimate of drug-likeness (QED) is 0.796. The van der Waals surface area contributed by atoms with Crippen LogP contribution in [0.25, 0.3) is 11.1 Å². The normalized spacial score (nSPS) is 18.2. The number of hydrogen-bond donors (Lipinski definition) is 0. The minimum absolute atomic E-state index is 0.0996. The molecule has 0 bridgehead atoms. The summed E-state index contributed by atoms with van der Waals surface area (Å²) < 4.78 is 26.1. The number of carbonyl (C=O) groups is 1. The molecule has 1 aliphatic heterocycles. The van der Waals surface area contributed by atoms with Gasteiger partial charge in [-0.1, -0.05) is 12.1 Å². The summed E-state index contributed by atoms with van der Waals surface area (Å²) in [6, 6.07) is 7.23. The number of fused-ring (bicyclic) bond motifs is 1. The number of halogens is 1. The van der Waals surface area contributed by atoms with E-state index < -0.39 is 17.4 Å². The summed E-state index contributed by atoms with van der Waals surface area (Å²) in [5.74, 6) is 0.0996. The Morgan fingerprint density at radius 1 is 1.30 bits per heavy atom. The number of ether oxygens (including phenoxy) is 1. The summed E-state index contributed by atoms with van der Waals surface area (Å²) in [7, 11) is 0. The molecule has 1 aromatic carbocycles. The number of piperidine rings is 1. The van der Waals surface area contributed by atoms with E-state index in [1.807, 2.05) is 32.9 Å². The zero-order chi connectivity index (χ0) is 16.7. The van der Waals surface area contributed by atoms with E-state index in [9.17, 15) is 4.79 Å². The van der Waals surface area contributed by atoms with E-state index >= 15 is 4.39 Å². The average molecular weight is 320 g/mol. The first-order valence-electron chi connectivity index (χ1n) is 7.80. The van der Waals surface area contributed by atoms with Gasteiger partial charge in [0.2, 0.25) is 5.89 Å². The second-order valence-electron chi connectivity index (χ2n) is 6.92. The van der Waals surface area contributed by atoms with Gasteiger partial charge in [0.05, 0.1) is 0 Å². The highest BCUT2D eigenvalue weighted by Crippen LogP contribution is 2.38. The van der Waals surface area contributed by atoms with Crippen molar-refractivity contribution >= 4 is 17.2 Å². The Balaban J connectivity index is 1.70. The Bertz CT molecular complexity index is 679. The van der Waals surface area contributed by atoms with Crippen molar-refractivity contribution < 1.29 is 18.3 Å². The van der Waals surface area contributed by atoms with Crippen molar-refractivity contribution in [3.63, 3.8) is 0 Å². The van der Waals surface area contributed by atoms with Gasteiger partial charge in [0.1, 0.15) is 11.1 Å². The molecule has 0 atom stereocenters. The van der Waals surface area contributed by atoms with Gasteiger partial charge in [0, 0.05) is 25.9 Å². The van der Waals surface area contributed by atoms with Gasteiger partial charge >= 0.3 is 6.09 Å². The van der Waals surface area contributed by atoms with Crippen molar-refractivity contribution in [1.82, 2.24) is 9.88 Å². The minimum Gasteiger partial charge on any atom is -0.444 e. The first-order valence-corrected chi connectivity index (χ1v) is 7.80. The highest BCUT2D eigenvalue weighted by Gasteiger charge is 2.42. The number of oxazole rings is 1. The number of nitrogens with zero attached hydrogens (tertiary/aromatic N) is 2. The van der Waals surface area contributed by atoms with Gasteiger partial charge in [0.15, 0.2) is 11.3 Å². The summed E-state index contributed by atoms with van der Waals surface area (Å²) >= 11 is 0. The Kier molecular flexibility index (Phi) is 3.78. The predicted octanol–water partition coefficient (Wildman–Crippen LogP) is 4.02. The van der Waals surface area contributed by atoms with Crippen LogP contribution in [-0.2, 0) is 10.4 Å². The van der Waals surface area contributed by atoms with Crippen LogP contribution < -0.4 is 0 Å². The largest absolute Gasteiger partial charge is 0.444 e. The fourth-order valence-corrected chi connectivity index (χ4v) is 2.65. The van der Waals surface area contributed by atoms with E-state index in [-0.39, 0.29) is 31.8 Å². The number of hydrogen-bond acceptors (Lipinski definition) is 4. The summed E-state index contributed by atoms with van der Waals surface area (Å²) in [6.45, 7) is 6.00. The fourth-order valence-electron chi connectivity index (χ4n) is 2.65. The van der Waals surface area contributed by atoms with Crippen LogP contribution in [0.2, 0.25) is 0 Å². The molecule has 0 spiro atoms. The molecule has 1 fully saturated rings. The SMILES string of the molecule is CC(C)(C)OC(=O)N1CCC(F)(c2nc3ccccc3o2)CC1. The number of alkyl halides is 1. The monoisotopic (exact) mass is 320 g/mol. The Morgan fingerprint density at radius 2 is 1.96 bits per heavy atom. The molecular weight excluding hydrogens is 299 g/mol. The van der Waals surface area contributed by atoms with Crippen molar-refractivity contribution in [2.45, 2.75) is 44.9 Å². The first kappa shape index (κ1) is 15.8. The first-order chi connectivity index (χ1) is 10.8. The Hall–Kier alpha value is -2.11. The van der Waals surface area contributed by atoms with Crippen molar-refractivity contribution in [2.24, 2.45) is 0 Å². The third kappa shape index (κ3) is 3.30. The second-order valence-corrected chi connectivity index (χ2v) is 6.92. The molecule has 1 aromatic heterocycles. The lowest BCUT2D eigenvalue weighted by Gasteiger charge is -2.35. The van der Waals surface area contributed by atoms with Crippen molar-refractivity contribution in [3.8, 4) is 0 Å². The van der Waals surface area contributed by atoms with Crippen LogP contribution >= 0.6 is 0 Å². The number of rotatable bonds is 1. The van der Waals surface area contributed by atoms with Crippen LogP contribution in [0.5, 0.6) is 0 Å². The van der Waals surface area contributed by atoms with Crippen LogP contribution in [-0.4, -0.2) is 34.7 Å². The zero-order valence-corrected chi connectivity index (χ0v) is 13.6. The van der Waals surface area contributed by atoms with Gasteiger partial charge < -0.3 is 14.1 Å². The van der Waals surface area contributed by atoms with Crippen LogP contribution in [0.15, 0.2) is 28.7 Å². The van der Waals surface area contributed by atoms with Gasteiger partial charge in [-0.15, -0.1) is 0 Å². The van der Waals surface area contributed by atoms with Gasteiger partial charge in [0.25, 0.3) is 0 Å². The molecule has 0 N–H and O–H groups in total. The minimum atomic E-state index is -1.64.